The highest BCUT2D eigenvalue weighted by Gasteiger charge is 2.20. The second kappa shape index (κ2) is 6.31. The van der Waals surface area contributed by atoms with Crippen LogP contribution < -0.4 is 11.1 Å². The number of ether oxygens (including phenoxy) is 1. The van der Waals surface area contributed by atoms with Gasteiger partial charge in [-0.05, 0) is 17.0 Å². The van der Waals surface area contributed by atoms with E-state index in [9.17, 15) is 9.59 Å². The third-order valence-corrected chi connectivity index (χ3v) is 3.63. The summed E-state index contributed by atoms with van der Waals surface area (Å²) >= 11 is 1.20. The summed E-state index contributed by atoms with van der Waals surface area (Å²) in [7, 11) is 1.29. The average molecular weight is 290 g/mol. The second-order valence-corrected chi connectivity index (χ2v) is 4.95. The number of nitrogens with two attached hydrogens (primary N) is 1. The summed E-state index contributed by atoms with van der Waals surface area (Å²) in [6, 6.07) is 9.88. The van der Waals surface area contributed by atoms with E-state index in [1.165, 1.54) is 18.4 Å². The van der Waals surface area contributed by atoms with Gasteiger partial charge in [-0.15, -0.1) is 11.3 Å². The molecule has 0 spiro atoms. The van der Waals surface area contributed by atoms with E-state index in [1.807, 2.05) is 18.2 Å². The van der Waals surface area contributed by atoms with Crippen molar-refractivity contribution in [3.05, 3.63) is 52.2 Å². The van der Waals surface area contributed by atoms with Crippen LogP contribution in [0.25, 0.3) is 0 Å². The largest absolute Gasteiger partial charge is 0.465 e. The van der Waals surface area contributed by atoms with E-state index >= 15 is 0 Å². The van der Waals surface area contributed by atoms with E-state index in [-0.39, 0.29) is 5.91 Å². The molecule has 1 unspecified atom stereocenters. The van der Waals surface area contributed by atoms with Gasteiger partial charge in [0, 0.05) is 0 Å². The third-order valence-electron chi connectivity index (χ3n) is 2.74. The summed E-state index contributed by atoms with van der Waals surface area (Å²) < 4.78 is 4.65. The van der Waals surface area contributed by atoms with Gasteiger partial charge in [0.25, 0.3) is 0 Å². The Labute approximate surface area is 120 Å². The van der Waals surface area contributed by atoms with Crippen molar-refractivity contribution < 1.29 is 14.3 Å². The highest BCUT2D eigenvalue weighted by molar-refractivity contribution is 7.12. The number of methoxy groups -OCH3 is 1. The monoisotopic (exact) mass is 290 g/mol. The molecule has 1 amide bonds. The third kappa shape index (κ3) is 3.04. The Morgan fingerprint density at radius 1 is 1.25 bits per heavy atom. The summed E-state index contributed by atoms with van der Waals surface area (Å²) in [5.74, 6) is -0.858. The van der Waals surface area contributed by atoms with Crippen LogP contribution >= 0.6 is 11.3 Å². The van der Waals surface area contributed by atoms with Crippen LogP contribution in [0.3, 0.4) is 0 Å². The van der Waals surface area contributed by atoms with Crippen LogP contribution in [0, 0.1) is 0 Å². The molecule has 0 aliphatic heterocycles. The Morgan fingerprint density at radius 2 is 1.95 bits per heavy atom. The van der Waals surface area contributed by atoms with Gasteiger partial charge in [-0.2, -0.15) is 0 Å². The highest BCUT2D eigenvalue weighted by Crippen LogP contribution is 2.24. The predicted octanol–water partition coefficient (Wildman–Crippen LogP) is 2.17. The van der Waals surface area contributed by atoms with Crippen molar-refractivity contribution in [1.82, 2.24) is 0 Å². The molecule has 0 aliphatic carbocycles. The first-order valence-corrected chi connectivity index (χ1v) is 6.78. The Morgan fingerprint density at radius 3 is 2.60 bits per heavy atom. The van der Waals surface area contributed by atoms with Crippen molar-refractivity contribution in [2.45, 2.75) is 6.04 Å². The number of benzene rings is 1. The van der Waals surface area contributed by atoms with E-state index in [4.69, 9.17) is 5.73 Å². The first kappa shape index (κ1) is 14.2. The lowest BCUT2D eigenvalue weighted by molar-refractivity contribution is -0.117. The van der Waals surface area contributed by atoms with Crippen LogP contribution in [0.5, 0.6) is 0 Å². The van der Waals surface area contributed by atoms with Crippen LogP contribution in [-0.2, 0) is 9.53 Å². The molecule has 0 fully saturated rings. The molecule has 0 aliphatic rings. The lowest BCUT2D eigenvalue weighted by Gasteiger charge is -2.12. The van der Waals surface area contributed by atoms with Crippen LogP contribution in [0.2, 0.25) is 0 Å². The van der Waals surface area contributed by atoms with Gasteiger partial charge >= 0.3 is 5.97 Å². The van der Waals surface area contributed by atoms with Crippen molar-refractivity contribution in [1.29, 1.82) is 0 Å². The van der Waals surface area contributed by atoms with E-state index in [1.54, 1.807) is 23.6 Å². The zero-order chi connectivity index (χ0) is 14.5. The smallest absolute Gasteiger partial charge is 0.350 e. The minimum atomic E-state index is -0.790. The number of rotatable bonds is 4. The molecule has 20 heavy (non-hydrogen) atoms. The Kier molecular flexibility index (Phi) is 4.49. The molecule has 1 aromatic heterocycles. The Bertz CT molecular complexity index is 610. The molecule has 0 saturated heterocycles. The molecule has 6 heteroatoms. The molecule has 0 radical (unpaired) electrons. The predicted molar refractivity (Wildman–Crippen MR) is 77.7 cm³/mol. The lowest BCUT2D eigenvalue weighted by atomic mass is 10.1. The van der Waals surface area contributed by atoms with E-state index < -0.39 is 12.0 Å². The fourth-order valence-corrected chi connectivity index (χ4v) is 2.45. The fraction of sp³-hybridized carbons (Fsp3) is 0.143. The fourth-order valence-electron chi connectivity index (χ4n) is 1.68. The first-order valence-electron chi connectivity index (χ1n) is 5.90. The minimum Gasteiger partial charge on any atom is -0.465 e. The molecule has 0 saturated carbocycles. The van der Waals surface area contributed by atoms with Crippen molar-refractivity contribution in [3.63, 3.8) is 0 Å². The van der Waals surface area contributed by atoms with Gasteiger partial charge in [-0.3, -0.25) is 4.79 Å². The number of carbonyl (C=O) groups is 2. The molecule has 2 aromatic rings. The molecule has 2 rings (SSSR count). The van der Waals surface area contributed by atoms with Crippen LogP contribution in [0.1, 0.15) is 21.3 Å². The van der Waals surface area contributed by atoms with E-state index in [2.05, 4.69) is 10.1 Å². The number of esters is 1. The van der Waals surface area contributed by atoms with Gasteiger partial charge in [0.2, 0.25) is 5.91 Å². The highest BCUT2D eigenvalue weighted by atomic mass is 32.1. The topological polar surface area (TPSA) is 81.4 Å². The van der Waals surface area contributed by atoms with Crippen LogP contribution in [0.4, 0.5) is 5.69 Å². The first-order chi connectivity index (χ1) is 9.63. The molecule has 3 N–H and O–H groups in total. The maximum absolute atomic E-state index is 12.1. The Balaban J connectivity index is 2.13. The molecular formula is C14H14N2O3S. The summed E-state index contributed by atoms with van der Waals surface area (Å²) in [5, 5.41) is 4.35. The summed E-state index contributed by atoms with van der Waals surface area (Å²) in [6.07, 6.45) is 0. The number of hydrogen-bond donors (Lipinski definition) is 2. The van der Waals surface area contributed by atoms with Crippen molar-refractivity contribution in [2.24, 2.45) is 5.73 Å². The molecule has 1 aromatic carbocycles. The van der Waals surface area contributed by atoms with Crippen molar-refractivity contribution >= 4 is 28.9 Å². The molecule has 104 valence electrons. The van der Waals surface area contributed by atoms with Gasteiger partial charge in [0.1, 0.15) is 10.9 Å². The SMILES string of the molecule is COC(=O)c1sccc1NC(=O)C(N)c1ccccc1. The maximum atomic E-state index is 12.1. The number of thiophene rings is 1. The maximum Gasteiger partial charge on any atom is 0.350 e. The van der Waals surface area contributed by atoms with Crippen molar-refractivity contribution in [2.75, 3.05) is 12.4 Å². The molecule has 5 nitrogen and oxygen atoms in total. The van der Waals surface area contributed by atoms with Gasteiger partial charge in [-0.1, -0.05) is 30.3 Å². The quantitative estimate of drug-likeness (QED) is 0.846. The number of carbonyl (C=O) groups excluding carboxylic acids is 2. The standard InChI is InChI=1S/C14H14N2O3S/c1-19-14(18)12-10(7-8-20-12)16-13(17)11(15)9-5-3-2-4-6-9/h2-8,11H,15H2,1H3,(H,16,17). The number of anilines is 1. The van der Waals surface area contributed by atoms with Gasteiger partial charge in [0.05, 0.1) is 12.8 Å². The Hall–Kier alpha value is -2.18. The lowest BCUT2D eigenvalue weighted by Crippen LogP contribution is -2.28. The van der Waals surface area contributed by atoms with E-state index in [0.29, 0.717) is 16.1 Å². The molecule has 1 atom stereocenters. The second-order valence-electron chi connectivity index (χ2n) is 4.03. The number of hydrogen-bond acceptors (Lipinski definition) is 5. The summed E-state index contributed by atoms with van der Waals surface area (Å²) in [6.45, 7) is 0. The molecule has 1 heterocycles. The van der Waals surface area contributed by atoms with Crippen LogP contribution in [-0.4, -0.2) is 19.0 Å². The van der Waals surface area contributed by atoms with Crippen molar-refractivity contribution in [3.8, 4) is 0 Å². The van der Waals surface area contributed by atoms with Crippen LogP contribution in [0.15, 0.2) is 41.8 Å². The van der Waals surface area contributed by atoms with Gasteiger partial charge in [-0.25, -0.2) is 4.79 Å². The molecule has 0 bridgehead atoms. The zero-order valence-electron chi connectivity index (χ0n) is 10.8. The summed E-state index contributed by atoms with van der Waals surface area (Å²) in [5.41, 5.74) is 7.01. The van der Waals surface area contributed by atoms with Gasteiger partial charge in [0.15, 0.2) is 0 Å². The summed E-state index contributed by atoms with van der Waals surface area (Å²) in [4.78, 5) is 24.0. The zero-order valence-corrected chi connectivity index (χ0v) is 11.6. The average Bonchev–Trinajstić information content (AvgIpc) is 2.94. The number of nitrogens with one attached hydrogen (secondary N) is 1. The minimum absolute atomic E-state index is 0.348. The van der Waals surface area contributed by atoms with E-state index in [0.717, 1.165) is 0 Å². The normalized spacial score (nSPS) is 11.7. The molecular weight excluding hydrogens is 276 g/mol. The number of amides is 1. The van der Waals surface area contributed by atoms with Gasteiger partial charge < -0.3 is 15.8 Å².